The van der Waals surface area contributed by atoms with Crippen LogP contribution in [0, 0.1) is 11.8 Å². The van der Waals surface area contributed by atoms with Crippen molar-refractivity contribution < 1.29 is 23.0 Å². The van der Waals surface area contributed by atoms with Crippen molar-refractivity contribution in [3.05, 3.63) is 60.1 Å². The number of hydrogen-bond acceptors (Lipinski definition) is 9. The molecule has 0 bridgehead atoms. The number of aliphatic imine (C=N–C) groups is 1. The molecule has 5 rings (SSSR count). The van der Waals surface area contributed by atoms with Crippen LogP contribution in [-0.2, 0) is 11.5 Å². The topological polar surface area (TPSA) is 103 Å². The molecule has 3 N–H and O–H groups in total. The van der Waals surface area contributed by atoms with Crippen molar-refractivity contribution in [3.63, 3.8) is 0 Å². The smallest absolute Gasteiger partial charge is 0.221 e. The maximum absolute atomic E-state index is 15.1. The minimum absolute atomic E-state index is 0.0379. The Morgan fingerprint density at radius 2 is 1.88 bits per heavy atom. The average molecular weight is 621 g/mol. The van der Waals surface area contributed by atoms with Crippen molar-refractivity contribution in [2.75, 3.05) is 68.1 Å². The number of aromatic nitrogens is 3. The van der Waals surface area contributed by atoms with E-state index in [1.54, 1.807) is 24.3 Å². The van der Waals surface area contributed by atoms with Gasteiger partial charge in [-0.15, -0.1) is 0 Å². The predicted octanol–water partition coefficient (Wildman–Crippen LogP) is 4.11. The first-order valence-corrected chi connectivity index (χ1v) is 17.1. The number of guanidine groups is 1. The summed E-state index contributed by atoms with van der Waals surface area (Å²) < 4.78 is 51.1. The average Bonchev–Trinajstić information content (AvgIpc) is 3.52. The summed E-state index contributed by atoms with van der Waals surface area (Å²) in [6.45, 7) is 0.973. The quantitative estimate of drug-likeness (QED) is 0.291. The number of rotatable bonds is 10. The predicted molar refractivity (Wildman–Crippen MR) is 165 cm³/mol. The van der Waals surface area contributed by atoms with E-state index in [2.05, 4.69) is 44.6 Å². The van der Waals surface area contributed by atoms with Crippen LogP contribution in [0.4, 0.5) is 24.7 Å². The first-order valence-electron chi connectivity index (χ1n) is 14.1. The van der Waals surface area contributed by atoms with Gasteiger partial charge in [0, 0.05) is 61.7 Å². The third-order valence-electron chi connectivity index (χ3n) is 7.58. The molecule has 1 aromatic carbocycles. The first-order chi connectivity index (χ1) is 20.4. The maximum atomic E-state index is 15.1. The molecule has 10 nitrogen and oxygen atoms in total. The Morgan fingerprint density at radius 3 is 2.53 bits per heavy atom. The zero-order valence-electron chi connectivity index (χ0n) is 24.9. The molecule has 4 heterocycles. The highest BCUT2D eigenvalue weighted by atomic mass is 32.3. The Balaban J connectivity index is 1.20. The third kappa shape index (κ3) is 7.43. The van der Waals surface area contributed by atoms with Crippen LogP contribution in [0.15, 0.2) is 47.7 Å². The zero-order valence-corrected chi connectivity index (χ0v) is 25.7. The van der Waals surface area contributed by atoms with Gasteiger partial charge in [0.25, 0.3) is 0 Å². The van der Waals surface area contributed by atoms with Crippen molar-refractivity contribution in [3.8, 4) is 11.1 Å². The fourth-order valence-corrected chi connectivity index (χ4v) is 5.45. The SMILES string of the molecule is CN1NC(c2ccc(N3CCC(F)(CO)CC3)nc2)N=C1Nc1ccc(-c2cnn(COCCS(C)(C)C)c2F)c(F)c1. The monoisotopic (exact) mass is 620 g/mol. The van der Waals surface area contributed by atoms with E-state index < -0.39 is 40.2 Å². The van der Waals surface area contributed by atoms with Crippen molar-refractivity contribution in [1.29, 1.82) is 0 Å². The van der Waals surface area contributed by atoms with Crippen LogP contribution >= 0.6 is 10.0 Å². The Labute approximate surface area is 251 Å². The second kappa shape index (κ2) is 12.7. The molecule has 2 aromatic heterocycles. The van der Waals surface area contributed by atoms with Gasteiger partial charge >= 0.3 is 0 Å². The van der Waals surface area contributed by atoms with Crippen LogP contribution in [0.5, 0.6) is 0 Å². The third-order valence-corrected chi connectivity index (χ3v) is 8.97. The summed E-state index contributed by atoms with van der Waals surface area (Å²) in [4.78, 5) is 11.2. The molecule has 0 radical (unpaired) electrons. The van der Waals surface area contributed by atoms with E-state index in [0.29, 0.717) is 31.3 Å². The van der Waals surface area contributed by atoms with E-state index in [4.69, 9.17) is 4.74 Å². The van der Waals surface area contributed by atoms with Gasteiger partial charge in [-0.25, -0.2) is 38.9 Å². The van der Waals surface area contributed by atoms with Crippen LogP contribution in [0.2, 0.25) is 0 Å². The molecule has 234 valence electrons. The minimum atomic E-state index is -1.52. The number of aliphatic hydroxyl groups is 1. The summed E-state index contributed by atoms with van der Waals surface area (Å²) in [7, 11) is 1.07. The molecular weight excluding hydrogens is 581 g/mol. The summed E-state index contributed by atoms with van der Waals surface area (Å²) in [6, 6.07) is 8.22. The van der Waals surface area contributed by atoms with Crippen LogP contribution in [0.1, 0.15) is 24.6 Å². The number of halogens is 3. The van der Waals surface area contributed by atoms with Crippen molar-refractivity contribution in [2.24, 2.45) is 4.99 Å². The van der Waals surface area contributed by atoms with Gasteiger partial charge in [-0.05, 0) is 43.0 Å². The summed E-state index contributed by atoms with van der Waals surface area (Å²) >= 11 is 0. The number of aliphatic hydroxyl groups excluding tert-OH is 1. The van der Waals surface area contributed by atoms with Crippen LogP contribution in [0.25, 0.3) is 11.1 Å². The maximum Gasteiger partial charge on any atom is 0.221 e. The van der Waals surface area contributed by atoms with Gasteiger partial charge < -0.3 is 20.1 Å². The van der Waals surface area contributed by atoms with E-state index in [9.17, 15) is 13.9 Å². The molecule has 3 aromatic rings. The van der Waals surface area contributed by atoms with E-state index >= 15 is 4.39 Å². The van der Waals surface area contributed by atoms with Gasteiger partial charge in [0.1, 0.15) is 30.2 Å². The lowest BCUT2D eigenvalue weighted by molar-refractivity contribution is 0.0480. The Hall–Kier alpha value is -3.33. The molecule has 0 aliphatic carbocycles. The van der Waals surface area contributed by atoms with Gasteiger partial charge in [-0.2, -0.15) is 9.49 Å². The highest BCUT2D eigenvalue weighted by molar-refractivity contribution is 8.32. The molecule has 0 spiro atoms. The van der Waals surface area contributed by atoms with Gasteiger partial charge in [-0.3, -0.25) is 5.01 Å². The highest BCUT2D eigenvalue weighted by Crippen LogP contribution is 2.34. The van der Waals surface area contributed by atoms with E-state index in [-0.39, 0.29) is 30.7 Å². The number of nitrogens with zero attached hydrogens (tertiary/aromatic N) is 6. The molecule has 0 saturated carbocycles. The highest BCUT2D eigenvalue weighted by Gasteiger charge is 2.34. The van der Waals surface area contributed by atoms with Crippen LogP contribution < -0.4 is 15.6 Å². The molecule has 1 fully saturated rings. The van der Waals surface area contributed by atoms with Crippen LogP contribution in [-0.4, -0.2) is 94.4 Å². The van der Waals surface area contributed by atoms with Gasteiger partial charge in [0.05, 0.1) is 25.0 Å². The van der Waals surface area contributed by atoms with Crippen molar-refractivity contribution in [2.45, 2.75) is 31.4 Å². The molecule has 1 saturated heterocycles. The number of alkyl halides is 1. The zero-order chi connectivity index (χ0) is 30.8. The van der Waals surface area contributed by atoms with Crippen molar-refractivity contribution >= 4 is 27.5 Å². The number of anilines is 2. The second-order valence-corrected chi connectivity index (χ2v) is 16.4. The summed E-state index contributed by atoms with van der Waals surface area (Å²) in [5.41, 5.74) is 3.12. The lowest BCUT2D eigenvalue weighted by atomic mass is 9.94. The molecule has 14 heteroatoms. The number of nitrogens with one attached hydrogen (secondary N) is 2. The molecular formula is C29H39F3N8O2S. The van der Waals surface area contributed by atoms with Crippen LogP contribution in [0.3, 0.4) is 0 Å². The molecule has 1 unspecified atom stereocenters. The second-order valence-electron chi connectivity index (χ2n) is 11.8. The summed E-state index contributed by atoms with van der Waals surface area (Å²) in [5, 5.41) is 18.1. The molecule has 43 heavy (non-hydrogen) atoms. The van der Waals surface area contributed by atoms with Gasteiger partial charge in [-0.1, -0.05) is 6.07 Å². The summed E-state index contributed by atoms with van der Waals surface area (Å²) in [6.07, 6.45) is 9.67. The number of piperidine rings is 1. The van der Waals surface area contributed by atoms with E-state index in [1.807, 2.05) is 17.0 Å². The Kier molecular flexibility index (Phi) is 9.20. The normalized spacial score (nSPS) is 19.1. The summed E-state index contributed by atoms with van der Waals surface area (Å²) in [5.74, 6) is 0.848. The molecule has 1 atom stereocenters. The van der Waals surface area contributed by atoms with Gasteiger partial charge in [0.2, 0.25) is 11.9 Å². The molecule has 2 aliphatic rings. The Morgan fingerprint density at radius 1 is 1.12 bits per heavy atom. The largest absolute Gasteiger partial charge is 0.393 e. The van der Waals surface area contributed by atoms with E-state index in [0.717, 1.165) is 21.8 Å². The fourth-order valence-electron chi connectivity index (χ4n) is 4.83. The molecule has 0 amide bonds. The number of benzene rings is 1. The van der Waals surface area contributed by atoms with Gasteiger partial charge in [0.15, 0.2) is 0 Å². The Bertz CT molecular complexity index is 1440. The lowest BCUT2D eigenvalue weighted by Crippen LogP contribution is -2.44. The number of hydrogen-bond donors (Lipinski definition) is 3. The van der Waals surface area contributed by atoms with Crippen molar-refractivity contribution in [1.82, 2.24) is 25.2 Å². The standard InChI is InChI=1S/C29H39F3N8O2S/c1-38-28(36-27(37-38)20-5-8-25(33-16-20)39-11-9-29(32,18-41)10-12-39)35-21-6-7-22(24(30)15-21)23-17-34-40(26(23)31)19-42-13-14-43(2,3)4/h5-8,15-17,27,37,41H,9-14,18-19H2,1-4H3,(H,35,36). The fraction of sp³-hybridized carbons (Fsp3) is 0.483. The first kappa shape index (κ1) is 31.1. The number of hydrazine groups is 1. The minimum Gasteiger partial charge on any atom is -0.393 e. The number of pyridine rings is 1. The van der Waals surface area contributed by atoms with E-state index in [1.165, 1.54) is 18.3 Å². The lowest BCUT2D eigenvalue weighted by Gasteiger charge is -2.36. The molecule has 2 aliphatic heterocycles. The number of ether oxygens (including phenoxy) is 1.